The fourth-order valence-corrected chi connectivity index (χ4v) is 3.10. The quantitative estimate of drug-likeness (QED) is 0.759. The van der Waals surface area contributed by atoms with Crippen molar-refractivity contribution in [1.29, 1.82) is 0 Å². The molecule has 1 aromatic carbocycles. The first kappa shape index (κ1) is 16.5. The van der Waals surface area contributed by atoms with Crippen LogP contribution in [0.4, 0.5) is 5.69 Å². The molecule has 1 saturated heterocycles. The average molecular weight is 395 g/mol. The lowest BCUT2D eigenvalue weighted by Gasteiger charge is -2.27. The minimum Gasteiger partial charge on any atom is -0.467 e. The van der Waals surface area contributed by atoms with E-state index in [0.717, 1.165) is 41.9 Å². The fourth-order valence-electron chi connectivity index (χ4n) is 2.58. The van der Waals surface area contributed by atoms with Gasteiger partial charge in [-0.25, -0.2) is 0 Å². The predicted molar refractivity (Wildman–Crippen MR) is 98.5 cm³/mol. The van der Waals surface area contributed by atoms with Crippen LogP contribution in [0.1, 0.15) is 18.6 Å². The maximum atomic E-state index is 5.75. The molecule has 1 aliphatic heterocycles. The largest absolute Gasteiger partial charge is 0.467 e. The van der Waals surface area contributed by atoms with Crippen LogP contribution >= 0.6 is 28.1 Å². The minimum atomic E-state index is 0.231. The maximum Gasteiger partial charge on any atom is 0.173 e. The molecular weight excluding hydrogens is 376 g/mol. The van der Waals surface area contributed by atoms with E-state index >= 15 is 0 Å². The van der Waals surface area contributed by atoms with Crippen molar-refractivity contribution < 1.29 is 9.15 Å². The molecule has 0 amide bonds. The molecule has 1 aliphatic rings. The second-order valence-corrected chi connectivity index (χ2v) is 6.83. The van der Waals surface area contributed by atoms with Crippen LogP contribution in [0.3, 0.4) is 0 Å². The molecule has 0 spiro atoms. The van der Waals surface area contributed by atoms with Gasteiger partial charge in [-0.2, -0.15) is 0 Å². The molecular formula is C17H19BrN2O2S. The smallest absolute Gasteiger partial charge is 0.173 e. The molecule has 1 atom stereocenters. The molecule has 23 heavy (non-hydrogen) atoms. The molecule has 6 heteroatoms. The number of anilines is 1. The molecule has 0 radical (unpaired) electrons. The molecule has 3 rings (SSSR count). The Morgan fingerprint density at radius 1 is 1.30 bits per heavy atom. The van der Waals surface area contributed by atoms with Crippen LogP contribution in [0.25, 0.3) is 0 Å². The van der Waals surface area contributed by atoms with Crippen molar-refractivity contribution in [2.24, 2.45) is 0 Å². The SMILES string of the molecule is S=C(Nc1ccc(Br)cc1)N(Cc1ccco1)CC1CCCO1. The summed E-state index contributed by atoms with van der Waals surface area (Å²) in [5.74, 6) is 0.892. The Morgan fingerprint density at radius 3 is 2.78 bits per heavy atom. The van der Waals surface area contributed by atoms with Gasteiger partial charge in [0.25, 0.3) is 0 Å². The van der Waals surface area contributed by atoms with Gasteiger partial charge in [-0.3, -0.25) is 0 Å². The van der Waals surface area contributed by atoms with E-state index in [-0.39, 0.29) is 6.10 Å². The summed E-state index contributed by atoms with van der Waals surface area (Å²) in [7, 11) is 0. The van der Waals surface area contributed by atoms with Crippen molar-refractivity contribution in [3.05, 3.63) is 52.9 Å². The number of hydrogen-bond donors (Lipinski definition) is 1. The third-order valence-electron chi connectivity index (χ3n) is 3.76. The van der Waals surface area contributed by atoms with Gasteiger partial charge in [0.1, 0.15) is 5.76 Å². The molecule has 1 fully saturated rings. The molecule has 2 heterocycles. The first-order chi connectivity index (χ1) is 11.2. The zero-order valence-electron chi connectivity index (χ0n) is 12.7. The van der Waals surface area contributed by atoms with Gasteiger partial charge in [0.05, 0.1) is 18.9 Å². The summed E-state index contributed by atoms with van der Waals surface area (Å²) >= 11 is 9.04. The van der Waals surface area contributed by atoms with E-state index in [1.54, 1.807) is 6.26 Å². The van der Waals surface area contributed by atoms with Crippen LogP contribution in [0.2, 0.25) is 0 Å². The van der Waals surface area contributed by atoms with E-state index in [0.29, 0.717) is 11.7 Å². The lowest BCUT2D eigenvalue weighted by molar-refractivity contribution is 0.0892. The van der Waals surface area contributed by atoms with E-state index in [4.69, 9.17) is 21.4 Å². The Hall–Kier alpha value is -1.37. The topological polar surface area (TPSA) is 37.6 Å². The van der Waals surface area contributed by atoms with Gasteiger partial charge in [-0.1, -0.05) is 15.9 Å². The lowest BCUT2D eigenvalue weighted by Crippen LogP contribution is -2.39. The zero-order chi connectivity index (χ0) is 16.1. The van der Waals surface area contributed by atoms with E-state index in [2.05, 4.69) is 26.1 Å². The highest BCUT2D eigenvalue weighted by atomic mass is 79.9. The number of hydrogen-bond acceptors (Lipinski definition) is 3. The number of benzene rings is 1. The first-order valence-electron chi connectivity index (χ1n) is 7.66. The summed E-state index contributed by atoms with van der Waals surface area (Å²) in [5.41, 5.74) is 0.968. The normalized spacial score (nSPS) is 17.2. The minimum absolute atomic E-state index is 0.231. The van der Waals surface area contributed by atoms with E-state index in [1.807, 2.05) is 36.4 Å². The van der Waals surface area contributed by atoms with Crippen molar-refractivity contribution in [3.63, 3.8) is 0 Å². The third kappa shape index (κ3) is 4.80. The Balaban J connectivity index is 1.67. The monoisotopic (exact) mass is 394 g/mol. The fraction of sp³-hybridized carbons (Fsp3) is 0.353. The Bertz CT molecular complexity index is 625. The molecule has 0 saturated carbocycles. The average Bonchev–Trinajstić information content (AvgIpc) is 3.22. The predicted octanol–water partition coefficient (Wildman–Crippen LogP) is 4.42. The van der Waals surface area contributed by atoms with E-state index in [9.17, 15) is 0 Å². The molecule has 2 aromatic rings. The third-order valence-corrected chi connectivity index (χ3v) is 4.65. The Kier molecular flexibility index (Phi) is 5.70. The van der Waals surface area contributed by atoms with Gasteiger partial charge in [0.2, 0.25) is 0 Å². The summed E-state index contributed by atoms with van der Waals surface area (Å²) in [4.78, 5) is 2.10. The van der Waals surface area contributed by atoms with Gasteiger partial charge in [0.15, 0.2) is 5.11 Å². The molecule has 0 bridgehead atoms. The lowest BCUT2D eigenvalue weighted by atomic mass is 10.2. The number of nitrogens with one attached hydrogen (secondary N) is 1. The first-order valence-corrected chi connectivity index (χ1v) is 8.86. The standard InChI is InChI=1S/C17H19BrN2O2S/c18-13-5-7-14(8-6-13)19-17(23)20(11-15-3-1-9-21-15)12-16-4-2-10-22-16/h1,3,5-9,16H,2,4,10-12H2,(H,19,23). The number of rotatable bonds is 5. The van der Waals surface area contributed by atoms with Crippen LogP contribution in [0.5, 0.6) is 0 Å². The summed E-state index contributed by atoms with van der Waals surface area (Å²) in [6.07, 6.45) is 4.11. The van der Waals surface area contributed by atoms with Crippen molar-refractivity contribution in [3.8, 4) is 0 Å². The number of halogens is 1. The van der Waals surface area contributed by atoms with Crippen molar-refractivity contribution in [2.45, 2.75) is 25.5 Å². The Morgan fingerprint density at radius 2 is 2.13 bits per heavy atom. The van der Waals surface area contributed by atoms with Gasteiger partial charge < -0.3 is 19.4 Å². The number of furan rings is 1. The number of ether oxygens (including phenoxy) is 1. The second kappa shape index (κ2) is 7.95. The molecule has 0 aliphatic carbocycles. The molecule has 1 unspecified atom stereocenters. The summed E-state index contributed by atoms with van der Waals surface area (Å²) in [6.45, 7) is 2.24. The van der Waals surface area contributed by atoms with Crippen molar-refractivity contribution in [2.75, 3.05) is 18.5 Å². The summed E-state index contributed by atoms with van der Waals surface area (Å²) in [5, 5.41) is 3.97. The highest BCUT2D eigenvalue weighted by Crippen LogP contribution is 2.18. The molecule has 1 N–H and O–H groups in total. The Labute approximate surface area is 149 Å². The highest BCUT2D eigenvalue weighted by Gasteiger charge is 2.21. The van der Waals surface area contributed by atoms with E-state index in [1.165, 1.54) is 0 Å². The maximum absolute atomic E-state index is 5.75. The zero-order valence-corrected chi connectivity index (χ0v) is 15.1. The molecule has 1 aromatic heterocycles. The van der Waals surface area contributed by atoms with Crippen LogP contribution in [0, 0.1) is 0 Å². The number of nitrogens with zero attached hydrogens (tertiary/aromatic N) is 1. The van der Waals surface area contributed by atoms with Gasteiger partial charge >= 0.3 is 0 Å². The van der Waals surface area contributed by atoms with Crippen molar-refractivity contribution >= 4 is 38.9 Å². The second-order valence-electron chi connectivity index (χ2n) is 5.53. The van der Waals surface area contributed by atoms with Crippen molar-refractivity contribution in [1.82, 2.24) is 4.90 Å². The van der Waals surface area contributed by atoms with Crippen LogP contribution < -0.4 is 5.32 Å². The van der Waals surface area contributed by atoms with Gasteiger partial charge in [-0.05, 0) is 61.5 Å². The van der Waals surface area contributed by atoms with Gasteiger partial charge in [0, 0.05) is 23.3 Å². The molecule has 122 valence electrons. The van der Waals surface area contributed by atoms with Crippen LogP contribution in [-0.2, 0) is 11.3 Å². The van der Waals surface area contributed by atoms with Gasteiger partial charge in [-0.15, -0.1) is 0 Å². The summed E-state index contributed by atoms with van der Waals surface area (Å²) in [6, 6.07) is 11.8. The highest BCUT2D eigenvalue weighted by molar-refractivity contribution is 9.10. The van der Waals surface area contributed by atoms with Crippen LogP contribution in [-0.4, -0.2) is 29.3 Å². The molecule has 4 nitrogen and oxygen atoms in total. The van der Waals surface area contributed by atoms with Crippen LogP contribution in [0.15, 0.2) is 51.6 Å². The summed E-state index contributed by atoms with van der Waals surface area (Å²) < 4.78 is 12.3. The number of thiocarbonyl (C=S) groups is 1. The van der Waals surface area contributed by atoms with E-state index < -0.39 is 0 Å².